The van der Waals surface area contributed by atoms with Crippen LogP contribution in [0.4, 0.5) is 0 Å². The average molecular weight is 384 g/mol. The quantitative estimate of drug-likeness (QED) is 0.839. The molecule has 0 aromatic heterocycles. The van der Waals surface area contributed by atoms with Gasteiger partial charge in [0.2, 0.25) is 11.8 Å². The van der Waals surface area contributed by atoms with Gasteiger partial charge in [0.25, 0.3) is 0 Å². The minimum Gasteiger partial charge on any atom is -0.375 e. The molecule has 1 saturated heterocycles. The second-order valence-corrected chi connectivity index (χ2v) is 6.73. The van der Waals surface area contributed by atoms with Gasteiger partial charge in [-0.1, -0.05) is 28.1 Å². The van der Waals surface area contributed by atoms with Crippen LogP contribution in [0.15, 0.2) is 28.7 Å². The molecule has 1 heterocycles. The maximum Gasteiger partial charge on any atom is 0.248 e. The zero-order chi connectivity index (χ0) is 17.0. The van der Waals surface area contributed by atoms with Crippen LogP contribution < -0.4 is 5.73 Å². The molecule has 126 valence electrons. The van der Waals surface area contributed by atoms with Gasteiger partial charge in [0.1, 0.15) is 12.1 Å². The van der Waals surface area contributed by atoms with E-state index >= 15 is 0 Å². The van der Waals surface area contributed by atoms with Gasteiger partial charge in [-0.05, 0) is 24.6 Å². The van der Waals surface area contributed by atoms with E-state index in [1.807, 2.05) is 24.3 Å². The first-order valence-electron chi connectivity index (χ1n) is 7.47. The number of methoxy groups -OCH3 is 1. The topological polar surface area (TPSA) is 75.9 Å². The molecule has 1 fully saturated rings. The second kappa shape index (κ2) is 7.42. The number of ether oxygens (including phenoxy) is 1. The van der Waals surface area contributed by atoms with E-state index in [9.17, 15) is 9.59 Å². The minimum atomic E-state index is -1.08. The summed E-state index contributed by atoms with van der Waals surface area (Å²) in [6.07, 6.45) is 0. The number of halogens is 1. The lowest BCUT2D eigenvalue weighted by Crippen LogP contribution is -2.57. The van der Waals surface area contributed by atoms with E-state index in [4.69, 9.17) is 10.5 Å². The third kappa shape index (κ3) is 4.10. The normalized spacial score (nSPS) is 17.7. The van der Waals surface area contributed by atoms with Crippen LogP contribution in [0, 0.1) is 0 Å². The summed E-state index contributed by atoms with van der Waals surface area (Å²) in [5.41, 5.74) is 5.98. The van der Waals surface area contributed by atoms with Crippen molar-refractivity contribution >= 4 is 27.7 Å². The average Bonchev–Trinajstić information content (AvgIpc) is 2.55. The molecule has 23 heavy (non-hydrogen) atoms. The van der Waals surface area contributed by atoms with Crippen molar-refractivity contribution in [3.8, 4) is 0 Å². The number of rotatable bonds is 4. The fourth-order valence-electron chi connectivity index (χ4n) is 2.62. The fourth-order valence-corrected chi connectivity index (χ4v) is 2.89. The van der Waals surface area contributed by atoms with Gasteiger partial charge in [-0.25, -0.2) is 0 Å². The van der Waals surface area contributed by atoms with Gasteiger partial charge in [0.05, 0.1) is 0 Å². The zero-order valence-electron chi connectivity index (χ0n) is 13.4. The Balaban J connectivity index is 2.01. The largest absolute Gasteiger partial charge is 0.375 e. The Morgan fingerprint density at radius 2 is 1.70 bits per heavy atom. The summed E-state index contributed by atoms with van der Waals surface area (Å²) < 4.78 is 5.80. The van der Waals surface area contributed by atoms with E-state index in [0.29, 0.717) is 26.2 Å². The Hall–Kier alpha value is -1.44. The van der Waals surface area contributed by atoms with E-state index in [1.54, 1.807) is 16.7 Å². The lowest BCUT2D eigenvalue weighted by molar-refractivity contribution is -0.144. The molecule has 1 aliphatic rings. The van der Waals surface area contributed by atoms with Crippen molar-refractivity contribution in [2.75, 3.05) is 39.9 Å². The maximum absolute atomic E-state index is 12.8. The van der Waals surface area contributed by atoms with E-state index in [0.717, 1.165) is 10.0 Å². The third-order valence-corrected chi connectivity index (χ3v) is 4.60. The highest BCUT2D eigenvalue weighted by atomic mass is 79.9. The molecule has 2 N–H and O–H groups in total. The van der Waals surface area contributed by atoms with Crippen LogP contribution in [-0.4, -0.2) is 61.5 Å². The van der Waals surface area contributed by atoms with Crippen LogP contribution in [0.5, 0.6) is 0 Å². The van der Waals surface area contributed by atoms with Crippen LogP contribution >= 0.6 is 15.9 Å². The molecule has 2 amide bonds. The summed E-state index contributed by atoms with van der Waals surface area (Å²) in [5, 5.41) is 0. The van der Waals surface area contributed by atoms with Gasteiger partial charge < -0.3 is 20.3 Å². The number of piperazine rings is 1. The Kier molecular flexibility index (Phi) is 5.78. The molecule has 1 aliphatic heterocycles. The maximum atomic E-state index is 12.8. The number of benzene rings is 1. The summed E-state index contributed by atoms with van der Waals surface area (Å²) in [5.74, 6) is -0.179. The molecule has 0 bridgehead atoms. The summed E-state index contributed by atoms with van der Waals surface area (Å²) in [7, 11) is 1.50. The van der Waals surface area contributed by atoms with Crippen molar-refractivity contribution in [2.45, 2.75) is 12.5 Å². The van der Waals surface area contributed by atoms with Crippen molar-refractivity contribution in [1.29, 1.82) is 0 Å². The highest BCUT2D eigenvalue weighted by Crippen LogP contribution is 2.23. The molecule has 0 spiro atoms. The number of nitrogens with two attached hydrogens (primary N) is 1. The monoisotopic (exact) mass is 383 g/mol. The van der Waals surface area contributed by atoms with Crippen molar-refractivity contribution in [3.63, 3.8) is 0 Å². The molecule has 7 heteroatoms. The molecule has 0 aliphatic carbocycles. The standard InChI is InChI=1S/C16H22BrN3O3/c1-16(18,12-3-5-13(17)6-4-12)15(22)20-9-7-19(8-10-20)14(21)11-23-2/h3-6H,7-11,18H2,1-2H3. The first-order chi connectivity index (χ1) is 10.9. The number of hydrogen-bond acceptors (Lipinski definition) is 4. The van der Waals surface area contributed by atoms with Crippen molar-refractivity contribution in [3.05, 3.63) is 34.3 Å². The molecule has 1 unspecified atom stereocenters. The fraction of sp³-hybridized carbons (Fsp3) is 0.500. The predicted molar refractivity (Wildman–Crippen MR) is 90.7 cm³/mol. The van der Waals surface area contributed by atoms with E-state index in [2.05, 4.69) is 15.9 Å². The Bertz CT molecular complexity index is 566. The zero-order valence-corrected chi connectivity index (χ0v) is 15.0. The van der Waals surface area contributed by atoms with Gasteiger partial charge in [0.15, 0.2) is 0 Å². The third-order valence-electron chi connectivity index (χ3n) is 4.08. The van der Waals surface area contributed by atoms with E-state index in [-0.39, 0.29) is 18.4 Å². The molecular formula is C16H22BrN3O3. The number of carbonyl (C=O) groups excluding carboxylic acids is 2. The molecule has 6 nitrogen and oxygen atoms in total. The van der Waals surface area contributed by atoms with Crippen molar-refractivity contribution in [1.82, 2.24) is 9.80 Å². The molecule has 0 radical (unpaired) electrons. The Morgan fingerprint density at radius 1 is 1.17 bits per heavy atom. The molecule has 1 atom stereocenters. The van der Waals surface area contributed by atoms with Crippen LogP contribution in [0.2, 0.25) is 0 Å². The van der Waals surface area contributed by atoms with E-state index < -0.39 is 5.54 Å². The number of nitrogens with zero attached hydrogens (tertiary/aromatic N) is 2. The first kappa shape index (κ1) is 17.9. The smallest absolute Gasteiger partial charge is 0.248 e. The lowest BCUT2D eigenvalue weighted by Gasteiger charge is -2.38. The molecule has 1 aromatic carbocycles. The highest BCUT2D eigenvalue weighted by Gasteiger charge is 2.36. The van der Waals surface area contributed by atoms with Gasteiger partial charge in [-0.15, -0.1) is 0 Å². The van der Waals surface area contributed by atoms with Crippen molar-refractivity contribution < 1.29 is 14.3 Å². The molecule has 1 aromatic rings. The van der Waals surface area contributed by atoms with Crippen LogP contribution in [0.3, 0.4) is 0 Å². The predicted octanol–water partition coefficient (Wildman–Crippen LogP) is 0.940. The second-order valence-electron chi connectivity index (χ2n) is 5.82. The molecular weight excluding hydrogens is 362 g/mol. The minimum absolute atomic E-state index is 0.0528. The van der Waals surface area contributed by atoms with Crippen LogP contribution in [-0.2, 0) is 19.9 Å². The first-order valence-corrected chi connectivity index (χ1v) is 8.26. The van der Waals surface area contributed by atoms with Gasteiger partial charge >= 0.3 is 0 Å². The number of carbonyl (C=O) groups is 2. The van der Waals surface area contributed by atoms with Crippen molar-refractivity contribution in [2.24, 2.45) is 5.73 Å². The summed E-state index contributed by atoms with van der Waals surface area (Å²) in [4.78, 5) is 28.0. The van der Waals surface area contributed by atoms with Gasteiger partial charge in [0, 0.05) is 37.8 Å². The summed E-state index contributed by atoms with van der Waals surface area (Å²) in [6, 6.07) is 7.44. The van der Waals surface area contributed by atoms with E-state index in [1.165, 1.54) is 7.11 Å². The number of hydrogen-bond donors (Lipinski definition) is 1. The van der Waals surface area contributed by atoms with Gasteiger partial charge in [-0.3, -0.25) is 9.59 Å². The molecule has 0 saturated carbocycles. The molecule has 2 rings (SSSR count). The van der Waals surface area contributed by atoms with Gasteiger partial charge in [-0.2, -0.15) is 0 Å². The summed E-state index contributed by atoms with van der Waals surface area (Å²) >= 11 is 3.37. The highest BCUT2D eigenvalue weighted by molar-refractivity contribution is 9.10. The SMILES string of the molecule is COCC(=O)N1CCN(C(=O)C(C)(N)c2ccc(Br)cc2)CC1. The van der Waals surface area contributed by atoms with Crippen LogP contribution in [0.25, 0.3) is 0 Å². The summed E-state index contributed by atoms with van der Waals surface area (Å²) in [6.45, 7) is 3.77. The Morgan fingerprint density at radius 3 is 2.22 bits per heavy atom. The Labute approximate surface area is 144 Å². The number of amides is 2. The lowest BCUT2D eigenvalue weighted by atomic mass is 9.91. The van der Waals surface area contributed by atoms with Crippen LogP contribution in [0.1, 0.15) is 12.5 Å².